The Morgan fingerprint density at radius 1 is 1.20 bits per heavy atom. The van der Waals surface area contributed by atoms with Gasteiger partial charge in [-0.3, -0.25) is 9.59 Å². The summed E-state index contributed by atoms with van der Waals surface area (Å²) in [6.45, 7) is 1.86. The summed E-state index contributed by atoms with van der Waals surface area (Å²) in [5, 5.41) is 9.02. The third-order valence-corrected chi connectivity index (χ3v) is 3.60. The Morgan fingerprint density at radius 2 is 1.80 bits per heavy atom. The summed E-state index contributed by atoms with van der Waals surface area (Å²) < 4.78 is 26.3. The average Bonchev–Trinajstić information content (AvgIpc) is 2.37. The van der Waals surface area contributed by atoms with Gasteiger partial charge in [0.1, 0.15) is 11.6 Å². The summed E-state index contributed by atoms with van der Waals surface area (Å²) in [7, 11) is 0. The van der Waals surface area contributed by atoms with Gasteiger partial charge in [0.05, 0.1) is 5.92 Å². The molecule has 2 unspecified atom stereocenters. The number of carboxylic acids is 1. The van der Waals surface area contributed by atoms with E-state index < -0.39 is 29.4 Å². The average molecular weight is 283 g/mol. The minimum Gasteiger partial charge on any atom is -0.481 e. The summed E-state index contributed by atoms with van der Waals surface area (Å²) in [5.41, 5.74) is -0.0969. The van der Waals surface area contributed by atoms with Crippen molar-refractivity contribution in [2.75, 3.05) is 6.54 Å². The van der Waals surface area contributed by atoms with Gasteiger partial charge in [0.25, 0.3) is 5.91 Å². The molecule has 0 radical (unpaired) electrons. The molecule has 1 N–H and O–H groups in total. The minimum atomic E-state index is -0.958. The number of likely N-dealkylation sites (tertiary alicyclic amines) is 1. The molecule has 1 aromatic rings. The highest BCUT2D eigenvalue weighted by Crippen LogP contribution is 2.24. The number of aliphatic carboxylic acids is 1. The second-order valence-electron chi connectivity index (χ2n) is 5.08. The first kappa shape index (κ1) is 14.4. The summed E-state index contributed by atoms with van der Waals surface area (Å²) in [6.07, 6.45) is 1.05. The van der Waals surface area contributed by atoms with Crippen molar-refractivity contribution in [3.8, 4) is 0 Å². The summed E-state index contributed by atoms with van der Waals surface area (Å²) >= 11 is 0. The molecular weight excluding hydrogens is 268 g/mol. The fourth-order valence-electron chi connectivity index (χ4n) is 2.43. The first-order valence-electron chi connectivity index (χ1n) is 6.38. The predicted molar refractivity (Wildman–Crippen MR) is 67.2 cm³/mol. The molecule has 0 spiro atoms. The van der Waals surface area contributed by atoms with E-state index in [2.05, 4.69) is 0 Å². The van der Waals surface area contributed by atoms with Gasteiger partial charge >= 0.3 is 5.97 Å². The molecule has 1 aromatic carbocycles. The van der Waals surface area contributed by atoms with Crippen molar-refractivity contribution in [3.63, 3.8) is 0 Å². The zero-order valence-corrected chi connectivity index (χ0v) is 11.0. The Labute approximate surface area is 115 Å². The molecule has 1 fully saturated rings. The molecule has 1 heterocycles. The molecule has 0 saturated carbocycles. The molecule has 0 bridgehead atoms. The number of carboxylic acid groups (broad SMARTS) is 1. The van der Waals surface area contributed by atoms with E-state index in [0.29, 0.717) is 18.9 Å². The lowest BCUT2D eigenvalue weighted by Crippen LogP contribution is -2.47. The lowest BCUT2D eigenvalue weighted by atomic mass is 9.93. The Bertz CT molecular complexity index is 527. The standard InChI is InChI=1S/C14H15F2NO3/c1-8-2-3-9(14(19)20)7-17(8)13(18)10-4-11(15)6-12(16)5-10/h4-6,8-9H,2-3,7H2,1H3,(H,19,20). The molecule has 2 rings (SSSR count). The van der Waals surface area contributed by atoms with Crippen LogP contribution in [0.1, 0.15) is 30.1 Å². The number of hydrogen-bond donors (Lipinski definition) is 1. The van der Waals surface area contributed by atoms with Gasteiger partial charge in [-0.05, 0) is 31.9 Å². The lowest BCUT2D eigenvalue weighted by Gasteiger charge is -2.36. The Kier molecular flexibility index (Phi) is 4.01. The molecule has 1 aliphatic rings. The molecule has 1 amide bonds. The summed E-state index contributed by atoms with van der Waals surface area (Å²) in [6, 6.07) is 2.46. The Balaban J connectivity index is 2.24. The summed E-state index contributed by atoms with van der Waals surface area (Å²) in [4.78, 5) is 24.7. The van der Waals surface area contributed by atoms with Crippen molar-refractivity contribution in [2.24, 2.45) is 5.92 Å². The van der Waals surface area contributed by atoms with Crippen molar-refractivity contribution in [3.05, 3.63) is 35.4 Å². The lowest BCUT2D eigenvalue weighted by molar-refractivity contribution is -0.143. The van der Waals surface area contributed by atoms with E-state index in [9.17, 15) is 18.4 Å². The van der Waals surface area contributed by atoms with Crippen LogP contribution in [0.15, 0.2) is 18.2 Å². The number of hydrogen-bond acceptors (Lipinski definition) is 2. The predicted octanol–water partition coefficient (Wildman–Crippen LogP) is 2.29. The third kappa shape index (κ3) is 2.95. The molecule has 108 valence electrons. The monoisotopic (exact) mass is 283 g/mol. The normalized spacial score (nSPS) is 22.6. The molecule has 4 nitrogen and oxygen atoms in total. The van der Waals surface area contributed by atoms with E-state index in [1.165, 1.54) is 4.90 Å². The zero-order chi connectivity index (χ0) is 14.9. The van der Waals surface area contributed by atoms with Gasteiger partial charge in [0.15, 0.2) is 0 Å². The van der Waals surface area contributed by atoms with Crippen LogP contribution < -0.4 is 0 Å². The Morgan fingerprint density at radius 3 is 2.35 bits per heavy atom. The number of piperidine rings is 1. The van der Waals surface area contributed by atoms with Crippen LogP contribution in [0.4, 0.5) is 8.78 Å². The third-order valence-electron chi connectivity index (χ3n) is 3.60. The number of halogens is 2. The number of carbonyl (C=O) groups excluding carboxylic acids is 1. The maximum atomic E-state index is 13.2. The maximum Gasteiger partial charge on any atom is 0.308 e. The minimum absolute atomic E-state index is 0.0630. The maximum absolute atomic E-state index is 13.2. The van der Waals surface area contributed by atoms with Crippen LogP contribution >= 0.6 is 0 Å². The van der Waals surface area contributed by atoms with Crippen molar-refractivity contribution in [1.82, 2.24) is 4.90 Å². The van der Waals surface area contributed by atoms with E-state index in [-0.39, 0.29) is 18.2 Å². The first-order chi connectivity index (χ1) is 9.38. The van der Waals surface area contributed by atoms with E-state index in [1.54, 1.807) is 6.92 Å². The Hall–Kier alpha value is -1.98. The van der Waals surface area contributed by atoms with Crippen molar-refractivity contribution < 1.29 is 23.5 Å². The van der Waals surface area contributed by atoms with Crippen LogP contribution in [-0.2, 0) is 4.79 Å². The SMILES string of the molecule is CC1CCC(C(=O)O)CN1C(=O)c1cc(F)cc(F)c1. The van der Waals surface area contributed by atoms with Gasteiger partial charge < -0.3 is 10.0 Å². The zero-order valence-electron chi connectivity index (χ0n) is 11.0. The van der Waals surface area contributed by atoms with E-state index in [4.69, 9.17) is 5.11 Å². The van der Waals surface area contributed by atoms with Crippen LogP contribution in [0.2, 0.25) is 0 Å². The number of carbonyl (C=O) groups is 2. The molecule has 0 aromatic heterocycles. The van der Waals surface area contributed by atoms with Gasteiger partial charge in [-0.2, -0.15) is 0 Å². The van der Waals surface area contributed by atoms with Gasteiger partial charge in [-0.25, -0.2) is 8.78 Å². The molecule has 0 aliphatic carbocycles. The molecule has 1 saturated heterocycles. The van der Waals surface area contributed by atoms with Gasteiger partial charge in [-0.15, -0.1) is 0 Å². The van der Waals surface area contributed by atoms with Crippen LogP contribution in [0, 0.1) is 17.6 Å². The molecule has 6 heteroatoms. The van der Waals surface area contributed by atoms with Crippen molar-refractivity contribution in [2.45, 2.75) is 25.8 Å². The van der Waals surface area contributed by atoms with Crippen LogP contribution in [0.25, 0.3) is 0 Å². The summed E-state index contributed by atoms with van der Waals surface area (Å²) in [5.74, 6) is -3.78. The highest BCUT2D eigenvalue weighted by atomic mass is 19.1. The molecule has 1 aliphatic heterocycles. The fraction of sp³-hybridized carbons (Fsp3) is 0.429. The quantitative estimate of drug-likeness (QED) is 0.906. The second kappa shape index (κ2) is 5.56. The van der Waals surface area contributed by atoms with E-state index >= 15 is 0 Å². The topological polar surface area (TPSA) is 57.6 Å². The largest absolute Gasteiger partial charge is 0.481 e. The molecule has 2 atom stereocenters. The van der Waals surface area contributed by atoms with Crippen LogP contribution in [0.5, 0.6) is 0 Å². The van der Waals surface area contributed by atoms with E-state index in [1.807, 2.05) is 0 Å². The fourth-order valence-corrected chi connectivity index (χ4v) is 2.43. The molecule has 20 heavy (non-hydrogen) atoms. The van der Waals surface area contributed by atoms with Gasteiger partial charge in [0, 0.05) is 24.2 Å². The van der Waals surface area contributed by atoms with E-state index in [0.717, 1.165) is 12.1 Å². The second-order valence-corrected chi connectivity index (χ2v) is 5.08. The van der Waals surface area contributed by atoms with Crippen molar-refractivity contribution in [1.29, 1.82) is 0 Å². The van der Waals surface area contributed by atoms with Crippen LogP contribution in [0.3, 0.4) is 0 Å². The van der Waals surface area contributed by atoms with Crippen LogP contribution in [-0.4, -0.2) is 34.5 Å². The first-order valence-corrected chi connectivity index (χ1v) is 6.38. The highest BCUT2D eigenvalue weighted by molar-refractivity contribution is 5.94. The number of amides is 1. The number of rotatable bonds is 2. The van der Waals surface area contributed by atoms with Gasteiger partial charge in [0.2, 0.25) is 0 Å². The van der Waals surface area contributed by atoms with Crippen molar-refractivity contribution >= 4 is 11.9 Å². The molecular formula is C14H15F2NO3. The number of nitrogens with zero attached hydrogens (tertiary/aromatic N) is 1. The highest BCUT2D eigenvalue weighted by Gasteiger charge is 2.33. The smallest absolute Gasteiger partial charge is 0.308 e. The van der Waals surface area contributed by atoms with Gasteiger partial charge in [-0.1, -0.05) is 0 Å². The number of benzene rings is 1.